The summed E-state index contributed by atoms with van der Waals surface area (Å²) in [5.74, 6) is 2.93. The summed E-state index contributed by atoms with van der Waals surface area (Å²) < 4.78 is 12.7. The molecular formula is C38H27N3O2. The monoisotopic (exact) mass is 557 g/mol. The number of para-hydroxylation sites is 1. The molecule has 206 valence electrons. The van der Waals surface area contributed by atoms with E-state index in [1.54, 1.807) is 0 Å². The molecule has 5 aromatic rings. The van der Waals surface area contributed by atoms with E-state index in [0.29, 0.717) is 11.8 Å². The number of aromatic nitrogens is 1. The van der Waals surface area contributed by atoms with Crippen LogP contribution in [0.15, 0.2) is 145 Å². The van der Waals surface area contributed by atoms with Crippen LogP contribution in [0.2, 0.25) is 0 Å². The fraction of sp³-hybridized carbons (Fsp3) is 0.105. The first-order valence-corrected chi connectivity index (χ1v) is 14.7. The third-order valence-corrected chi connectivity index (χ3v) is 9.24. The molecule has 1 aromatic heterocycles. The Balaban J connectivity index is 1.10. The van der Waals surface area contributed by atoms with Crippen molar-refractivity contribution in [3.63, 3.8) is 0 Å². The van der Waals surface area contributed by atoms with E-state index in [1.807, 2.05) is 48.7 Å². The molecule has 2 aliphatic heterocycles. The van der Waals surface area contributed by atoms with E-state index in [9.17, 15) is 0 Å². The number of pyridine rings is 1. The Labute approximate surface area is 249 Å². The van der Waals surface area contributed by atoms with Crippen molar-refractivity contribution in [1.29, 1.82) is 0 Å². The second-order valence-corrected chi connectivity index (χ2v) is 11.4. The Bertz CT molecular complexity index is 1980. The zero-order valence-corrected chi connectivity index (χ0v) is 23.2. The van der Waals surface area contributed by atoms with Gasteiger partial charge in [0.15, 0.2) is 0 Å². The molecule has 43 heavy (non-hydrogen) atoms. The van der Waals surface area contributed by atoms with Crippen LogP contribution in [0, 0.1) is 5.92 Å². The SMILES string of the molecule is C1=CC2c3ccccc3C3(c4ccccc4Oc4cc(-c5ccc(C6NN=C(c7ccccc7)O6)cn5)ccc43)C2C=C1. The summed E-state index contributed by atoms with van der Waals surface area (Å²) in [5.41, 5.74) is 11.6. The van der Waals surface area contributed by atoms with Gasteiger partial charge in [0.05, 0.1) is 11.1 Å². The molecule has 0 bridgehead atoms. The summed E-state index contributed by atoms with van der Waals surface area (Å²) in [6.07, 6.45) is 10.6. The Morgan fingerprint density at radius 3 is 2.35 bits per heavy atom. The van der Waals surface area contributed by atoms with E-state index < -0.39 is 0 Å². The smallest absolute Gasteiger partial charge is 0.240 e. The first-order chi connectivity index (χ1) is 21.3. The van der Waals surface area contributed by atoms with Crippen LogP contribution in [0.3, 0.4) is 0 Å². The molecule has 4 unspecified atom stereocenters. The molecule has 4 aliphatic rings. The van der Waals surface area contributed by atoms with Gasteiger partial charge in [0.2, 0.25) is 12.1 Å². The molecule has 1 spiro atoms. The molecule has 0 saturated heterocycles. The quantitative estimate of drug-likeness (QED) is 0.244. The first-order valence-electron chi connectivity index (χ1n) is 14.7. The van der Waals surface area contributed by atoms with Crippen molar-refractivity contribution in [2.75, 3.05) is 0 Å². The maximum atomic E-state index is 6.66. The molecule has 1 N–H and O–H groups in total. The second-order valence-electron chi connectivity index (χ2n) is 11.4. The van der Waals surface area contributed by atoms with Gasteiger partial charge in [-0.2, -0.15) is 0 Å². The Kier molecular flexibility index (Phi) is 5.23. The fourth-order valence-corrected chi connectivity index (χ4v) is 7.40. The highest BCUT2D eigenvalue weighted by atomic mass is 16.5. The highest BCUT2D eigenvalue weighted by Crippen LogP contribution is 2.64. The molecule has 5 heteroatoms. The normalized spacial score (nSPS) is 23.7. The number of ether oxygens (including phenoxy) is 2. The van der Waals surface area contributed by atoms with Gasteiger partial charge in [-0.15, -0.1) is 5.10 Å². The first kappa shape index (κ1) is 24.2. The lowest BCUT2D eigenvalue weighted by atomic mass is 9.62. The minimum Gasteiger partial charge on any atom is -0.457 e. The topological polar surface area (TPSA) is 55.7 Å². The van der Waals surface area contributed by atoms with Gasteiger partial charge in [-0.25, -0.2) is 0 Å². The predicted molar refractivity (Wildman–Crippen MR) is 167 cm³/mol. The summed E-state index contributed by atoms with van der Waals surface area (Å²) in [6.45, 7) is 0. The van der Waals surface area contributed by atoms with Gasteiger partial charge in [-0.1, -0.05) is 97.1 Å². The zero-order valence-electron chi connectivity index (χ0n) is 23.2. The lowest BCUT2D eigenvalue weighted by Gasteiger charge is -2.43. The van der Waals surface area contributed by atoms with E-state index >= 15 is 0 Å². The van der Waals surface area contributed by atoms with Crippen molar-refractivity contribution < 1.29 is 9.47 Å². The van der Waals surface area contributed by atoms with E-state index in [-0.39, 0.29) is 17.6 Å². The summed E-state index contributed by atoms with van der Waals surface area (Å²) >= 11 is 0. The summed E-state index contributed by atoms with van der Waals surface area (Å²) in [7, 11) is 0. The number of nitrogens with one attached hydrogen (secondary N) is 1. The summed E-state index contributed by atoms with van der Waals surface area (Å²) in [5, 5.41) is 4.38. The Morgan fingerprint density at radius 2 is 1.47 bits per heavy atom. The van der Waals surface area contributed by atoms with Crippen molar-refractivity contribution in [1.82, 2.24) is 10.4 Å². The van der Waals surface area contributed by atoms with Gasteiger partial charge in [0.1, 0.15) is 11.5 Å². The second kappa shape index (κ2) is 9.30. The van der Waals surface area contributed by atoms with Gasteiger partial charge >= 0.3 is 0 Å². The average molecular weight is 558 g/mol. The highest BCUT2D eigenvalue weighted by Gasteiger charge is 2.56. The average Bonchev–Trinajstić information content (AvgIpc) is 3.68. The van der Waals surface area contributed by atoms with Gasteiger partial charge in [-0.05, 0) is 47.5 Å². The number of rotatable bonds is 3. The van der Waals surface area contributed by atoms with Crippen molar-refractivity contribution in [2.45, 2.75) is 17.6 Å². The van der Waals surface area contributed by atoms with Gasteiger partial charge in [0.25, 0.3) is 0 Å². The predicted octanol–water partition coefficient (Wildman–Crippen LogP) is 8.01. The van der Waals surface area contributed by atoms with Crippen molar-refractivity contribution >= 4 is 5.90 Å². The van der Waals surface area contributed by atoms with Crippen LogP contribution in [0.4, 0.5) is 0 Å². The standard InChI is InChI=1S/C38H27N3O2/c1-2-10-24(11-3-1)36-40-41-37(43-36)26-19-21-33(39-23-26)25-18-20-32-35(22-25)42-34-17-9-8-16-31(34)38(32)29-14-6-4-12-27(29)28-13-5-7-15-30(28)38/h1-23,27,29,37,41H. The van der Waals surface area contributed by atoms with E-state index in [1.165, 1.54) is 22.3 Å². The number of hydrazone groups is 1. The Hall–Kier alpha value is -5.42. The molecule has 0 radical (unpaired) electrons. The van der Waals surface area contributed by atoms with Crippen LogP contribution in [-0.2, 0) is 10.2 Å². The number of allylic oxidation sites excluding steroid dienone is 4. The minimum absolute atomic E-state index is 0.254. The minimum atomic E-state index is -0.382. The highest BCUT2D eigenvalue weighted by molar-refractivity contribution is 5.94. The van der Waals surface area contributed by atoms with E-state index in [2.05, 4.69) is 102 Å². The number of hydrogen-bond acceptors (Lipinski definition) is 5. The van der Waals surface area contributed by atoms with Crippen LogP contribution in [0.5, 0.6) is 11.5 Å². The summed E-state index contributed by atoms with van der Waals surface area (Å²) in [6, 6.07) is 38.0. The van der Waals surface area contributed by atoms with Crippen LogP contribution in [0.1, 0.15) is 45.5 Å². The molecule has 0 amide bonds. The molecule has 5 nitrogen and oxygen atoms in total. The van der Waals surface area contributed by atoms with Gasteiger partial charge in [0, 0.05) is 45.8 Å². The summed E-state index contributed by atoms with van der Waals surface area (Å²) in [4.78, 5) is 4.83. The third kappa shape index (κ3) is 3.51. The lowest BCUT2D eigenvalue weighted by molar-refractivity contribution is 0.191. The molecule has 3 heterocycles. The lowest BCUT2D eigenvalue weighted by Crippen LogP contribution is -2.37. The molecule has 4 aromatic carbocycles. The molecular weight excluding hydrogens is 530 g/mol. The van der Waals surface area contributed by atoms with E-state index in [0.717, 1.165) is 33.9 Å². The molecule has 9 rings (SSSR count). The van der Waals surface area contributed by atoms with Crippen LogP contribution in [-0.4, -0.2) is 10.9 Å². The van der Waals surface area contributed by atoms with Crippen molar-refractivity contribution in [3.8, 4) is 22.8 Å². The van der Waals surface area contributed by atoms with Crippen molar-refractivity contribution in [2.24, 2.45) is 11.0 Å². The largest absolute Gasteiger partial charge is 0.457 e. The number of hydrogen-bond donors (Lipinski definition) is 1. The third-order valence-electron chi connectivity index (χ3n) is 9.24. The maximum Gasteiger partial charge on any atom is 0.240 e. The molecule has 0 saturated carbocycles. The molecule has 4 atom stereocenters. The fourth-order valence-electron chi connectivity index (χ4n) is 7.40. The van der Waals surface area contributed by atoms with E-state index in [4.69, 9.17) is 14.5 Å². The van der Waals surface area contributed by atoms with Gasteiger partial charge in [-0.3, -0.25) is 10.4 Å². The zero-order chi connectivity index (χ0) is 28.4. The number of fused-ring (bicyclic) bond motifs is 9. The van der Waals surface area contributed by atoms with Crippen LogP contribution >= 0.6 is 0 Å². The van der Waals surface area contributed by atoms with Crippen LogP contribution < -0.4 is 10.2 Å². The number of benzene rings is 4. The maximum absolute atomic E-state index is 6.66. The van der Waals surface area contributed by atoms with Crippen molar-refractivity contribution in [3.05, 3.63) is 173 Å². The van der Waals surface area contributed by atoms with Gasteiger partial charge < -0.3 is 9.47 Å². The van der Waals surface area contributed by atoms with Crippen LogP contribution in [0.25, 0.3) is 11.3 Å². The number of nitrogens with zero attached hydrogens (tertiary/aromatic N) is 2. The molecule has 2 aliphatic carbocycles. The Morgan fingerprint density at radius 1 is 0.674 bits per heavy atom. The molecule has 0 fully saturated rings.